The summed E-state index contributed by atoms with van der Waals surface area (Å²) < 4.78 is 1.79. The van der Waals surface area contributed by atoms with Gasteiger partial charge in [0.1, 0.15) is 5.82 Å². The van der Waals surface area contributed by atoms with Crippen molar-refractivity contribution in [2.24, 2.45) is 0 Å². The van der Waals surface area contributed by atoms with Gasteiger partial charge in [-0.3, -0.25) is 9.36 Å². The number of benzene rings is 2. The predicted octanol–water partition coefficient (Wildman–Crippen LogP) is 4.04. The summed E-state index contributed by atoms with van der Waals surface area (Å²) in [6, 6.07) is 15.5. The highest BCUT2D eigenvalue weighted by Gasteiger charge is 2.13. The van der Waals surface area contributed by atoms with Crippen molar-refractivity contribution in [3.05, 3.63) is 70.3 Å². The lowest BCUT2D eigenvalue weighted by molar-refractivity contribution is 0.719. The van der Waals surface area contributed by atoms with Gasteiger partial charge in [-0.1, -0.05) is 43.7 Å². The Hall–Kier alpha value is -2.42. The van der Waals surface area contributed by atoms with Gasteiger partial charge in [0.2, 0.25) is 0 Å². The van der Waals surface area contributed by atoms with Crippen LogP contribution < -0.4 is 5.56 Å². The fraction of sp³-hybridized carbons (Fsp3) is 0.263. The normalized spacial score (nSPS) is 11.0. The van der Waals surface area contributed by atoms with Gasteiger partial charge in [0.25, 0.3) is 5.56 Å². The number of aromatic nitrogens is 2. The Morgan fingerprint density at radius 2 is 1.77 bits per heavy atom. The maximum absolute atomic E-state index is 13.0. The van der Waals surface area contributed by atoms with Crippen molar-refractivity contribution in [1.29, 1.82) is 0 Å². The maximum Gasteiger partial charge on any atom is 0.265 e. The molecule has 1 heterocycles. The zero-order valence-corrected chi connectivity index (χ0v) is 13.0. The van der Waals surface area contributed by atoms with E-state index in [0.29, 0.717) is 5.39 Å². The number of fused-ring (bicyclic) bond motifs is 1. The highest BCUT2D eigenvalue weighted by Crippen LogP contribution is 2.17. The minimum atomic E-state index is 0.0194. The van der Waals surface area contributed by atoms with Crippen molar-refractivity contribution in [3.8, 4) is 5.69 Å². The van der Waals surface area contributed by atoms with E-state index in [0.717, 1.165) is 41.9 Å². The Morgan fingerprint density at radius 3 is 2.55 bits per heavy atom. The molecule has 0 amide bonds. The maximum atomic E-state index is 13.0. The lowest BCUT2D eigenvalue weighted by atomic mass is 10.1. The molecule has 0 saturated carbocycles. The summed E-state index contributed by atoms with van der Waals surface area (Å²) in [6.07, 6.45) is 2.91. The van der Waals surface area contributed by atoms with E-state index in [1.807, 2.05) is 55.5 Å². The van der Waals surface area contributed by atoms with Crippen LogP contribution in [0.1, 0.15) is 31.2 Å². The summed E-state index contributed by atoms with van der Waals surface area (Å²) >= 11 is 0. The Balaban J connectivity index is 2.33. The Bertz CT molecular complexity index is 865. The van der Waals surface area contributed by atoms with Crippen molar-refractivity contribution >= 4 is 10.9 Å². The van der Waals surface area contributed by atoms with Crippen LogP contribution in [0.4, 0.5) is 0 Å². The molecule has 3 heteroatoms. The Kier molecular flexibility index (Phi) is 4.05. The average molecular weight is 292 g/mol. The van der Waals surface area contributed by atoms with Crippen molar-refractivity contribution in [1.82, 2.24) is 9.55 Å². The standard InChI is InChI=1S/C19H20N2O/c1-3-4-13-18-20-16-11-7-6-10-15(16)19(22)21(18)17-12-8-5-9-14(17)2/h5-12H,3-4,13H2,1-2H3. The van der Waals surface area contributed by atoms with Crippen LogP contribution in [0.2, 0.25) is 0 Å². The molecule has 3 rings (SSSR count). The van der Waals surface area contributed by atoms with Gasteiger partial charge in [-0.2, -0.15) is 0 Å². The van der Waals surface area contributed by atoms with E-state index in [2.05, 4.69) is 6.92 Å². The molecule has 1 aromatic heterocycles. The van der Waals surface area contributed by atoms with Crippen LogP contribution >= 0.6 is 0 Å². The average Bonchev–Trinajstić information content (AvgIpc) is 2.54. The summed E-state index contributed by atoms with van der Waals surface area (Å²) in [5.74, 6) is 0.847. The zero-order valence-electron chi connectivity index (χ0n) is 13.0. The van der Waals surface area contributed by atoms with Crippen molar-refractivity contribution in [2.45, 2.75) is 33.1 Å². The highest BCUT2D eigenvalue weighted by molar-refractivity contribution is 5.77. The van der Waals surface area contributed by atoms with Crippen molar-refractivity contribution < 1.29 is 0 Å². The molecule has 3 aromatic rings. The molecule has 0 fully saturated rings. The monoisotopic (exact) mass is 292 g/mol. The molecule has 0 radical (unpaired) electrons. The molecule has 2 aromatic carbocycles. The van der Waals surface area contributed by atoms with Crippen LogP contribution in [-0.4, -0.2) is 9.55 Å². The van der Waals surface area contributed by atoms with Crippen molar-refractivity contribution in [2.75, 3.05) is 0 Å². The summed E-state index contributed by atoms with van der Waals surface area (Å²) in [6.45, 7) is 4.18. The van der Waals surface area contributed by atoms with Gasteiger partial charge < -0.3 is 0 Å². The third-order valence-electron chi connectivity index (χ3n) is 3.96. The molecule has 3 nitrogen and oxygen atoms in total. The summed E-state index contributed by atoms with van der Waals surface area (Å²) in [7, 11) is 0. The highest BCUT2D eigenvalue weighted by atomic mass is 16.1. The van der Waals surface area contributed by atoms with Gasteiger partial charge in [-0.15, -0.1) is 0 Å². The fourth-order valence-corrected chi connectivity index (χ4v) is 2.74. The van der Waals surface area contributed by atoms with Gasteiger partial charge in [-0.25, -0.2) is 4.98 Å². The van der Waals surface area contributed by atoms with Gasteiger partial charge in [0, 0.05) is 6.42 Å². The predicted molar refractivity (Wildman–Crippen MR) is 90.7 cm³/mol. The van der Waals surface area contributed by atoms with Crippen molar-refractivity contribution in [3.63, 3.8) is 0 Å². The minimum Gasteiger partial charge on any atom is -0.268 e. The minimum absolute atomic E-state index is 0.0194. The number of unbranched alkanes of at least 4 members (excludes halogenated alkanes) is 1. The Morgan fingerprint density at radius 1 is 1.05 bits per heavy atom. The number of para-hydroxylation sites is 2. The second-order valence-electron chi connectivity index (χ2n) is 5.58. The molecule has 0 aliphatic rings. The van der Waals surface area contributed by atoms with E-state index in [9.17, 15) is 4.79 Å². The molecule has 0 unspecified atom stereocenters. The molecule has 112 valence electrons. The lowest BCUT2D eigenvalue weighted by Crippen LogP contribution is -2.24. The molecule has 0 atom stereocenters. The molecular formula is C19H20N2O. The van der Waals surface area contributed by atoms with Crippen LogP contribution in [0.3, 0.4) is 0 Å². The van der Waals surface area contributed by atoms with Crippen LogP contribution in [-0.2, 0) is 6.42 Å². The number of nitrogens with zero attached hydrogens (tertiary/aromatic N) is 2. The Labute approximate surface area is 130 Å². The van der Waals surface area contributed by atoms with Gasteiger partial charge in [-0.05, 0) is 37.1 Å². The molecular weight excluding hydrogens is 272 g/mol. The van der Waals surface area contributed by atoms with Gasteiger partial charge in [0.05, 0.1) is 16.6 Å². The van der Waals surface area contributed by atoms with E-state index in [1.54, 1.807) is 4.57 Å². The number of aryl methyl sites for hydroxylation is 2. The van der Waals surface area contributed by atoms with Crippen LogP contribution in [0.25, 0.3) is 16.6 Å². The first-order valence-electron chi connectivity index (χ1n) is 7.79. The number of hydrogen-bond acceptors (Lipinski definition) is 2. The molecule has 0 aliphatic carbocycles. The third kappa shape index (κ3) is 2.54. The van der Waals surface area contributed by atoms with E-state index >= 15 is 0 Å². The number of hydrogen-bond donors (Lipinski definition) is 0. The van der Waals surface area contributed by atoms with Crippen LogP contribution in [0.5, 0.6) is 0 Å². The van der Waals surface area contributed by atoms with E-state index in [1.165, 1.54) is 0 Å². The number of rotatable bonds is 4. The van der Waals surface area contributed by atoms with Crippen LogP contribution in [0, 0.1) is 6.92 Å². The first kappa shape index (κ1) is 14.5. The largest absolute Gasteiger partial charge is 0.268 e. The molecule has 0 spiro atoms. The molecule has 0 bridgehead atoms. The van der Waals surface area contributed by atoms with Gasteiger partial charge in [0.15, 0.2) is 0 Å². The summed E-state index contributed by atoms with van der Waals surface area (Å²) in [4.78, 5) is 17.7. The molecule has 0 N–H and O–H groups in total. The summed E-state index contributed by atoms with van der Waals surface area (Å²) in [5, 5.41) is 0.672. The van der Waals surface area contributed by atoms with Crippen LogP contribution in [0.15, 0.2) is 53.3 Å². The van der Waals surface area contributed by atoms with E-state index < -0.39 is 0 Å². The van der Waals surface area contributed by atoms with E-state index in [-0.39, 0.29) is 5.56 Å². The fourth-order valence-electron chi connectivity index (χ4n) is 2.74. The zero-order chi connectivity index (χ0) is 15.5. The third-order valence-corrected chi connectivity index (χ3v) is 3.96. The SMILES string of the molecule is CCCCc1nc2ccccc2c(=O)n1-c1ccccc1C. The smallest absolute Gasteiger partial charge is 0.265 e. The first-order chi connectivity index (χ1) is 10.7. The quantitative estimate of drug-likeness (QED) is 0.727. The lowest BCUT2D eigenvalue weighted by Gasteiger charge is -2.15. The first-order valence-corrected chi connectivity index (χ1v) is 7.79. The van der Waals surface area contributed by atoms with E-state index in [4.69, 9.17) is 4.98 Å². The van der Waals surface area contributed by atoms with Gasteiger partial charge >= 0.3 is 0 Å². The molecule has 0 aliphatic heterocycles. The summed E-state index contributed by atoms with van der Waals surface area (Å²) in [5.41, 5.74) is 2.81. The molecule has 22 heavy (non-hydrogen) atoms. The second-order valence-corrected chi connectivity index (χ2v) is 5.58. The second kappa shape index (κ2) is 6.14. The topological polar surface area (TPSA) is 34.9 Å². The molecule has 0 saturated heterocycles.